The van der Waals surface area contributed by atoms with Crippen molar-refractivity contribution < 1.29 is 27.6 Å². The van der Waals surface area contributed by atoms with Crippen LogP contribution < -0.4 is 11.1 Å². The Morgan fingerprint density at radius 1 is 1.04 bits per heavy atom. The van der Waals surface area contributed by atoms with Gasteiger partial charge in [0.15, 0.2) is 11.5 Å². The molecular formula is C29H33Cl2F3N8O3. The number of hydrogen-bond donors (Lipinski definition) is 2. The van der Waals surface area contributed by atoms with Crippen LogP contribution in [0.3, 0.4) is 0 Å². The first-order valence-corrected chi connectivity index (χ1v) is 14.9. The molecule has 0 unspecified atom stereocenters. The van der Waals surface area contributed by atoms with Gasteiger partial charge in [-0.15, -0.1) is 12.4 Å². The van der Waals surface area contributed by atoms with Crippen LogP contribution in [0.15, 0.2) is 30.6 Å². The number of carbonyl (C=O) groups excluding carboxylic acids is 3. The van der Waals surface area contributed by atoms with Gasteiger partial charge in [0, 0.05) is 57.1 Å². The van der Waals surface area contributed by atoms with Gasteiger partial charge < -0.3 is 25.4 Å². The summed E-state index contributed by atoms with van der Waals surface area (Å²) < 4.78 is 43.8. The molecule has 242 valence electrons. The maximum atomic E-state index is 13.7. The van der Waals surface area contributed by atoms with E-state index >= 15 is 0 Å². The van der Waals surface area contributed by atoms with Gasteiger partial charge in [-0.25, -0.2) is 4.98 Å². The minimum absolute atomic E-state index is 0. The summed E-state index contributed by atoms with van der Waals surface area (Å²) in [5.41, 5.74) is 5.40. The summed E-state index contributed by atoms with van der Waals surface area (Å²) >= 11 is 6.45. The van der Waals surface area contributed by atoms with Crippen LogP contribution in [0.1, 0.15) is 64.8 Å². The van der Waals surface area contributed by atoms with Gasteiger partial charge in [-0.1, -0.05) is 11.6 Å². The lowest BCUT2D eigenvalue weighted by Crippen LogP contribution is -2.51. The molecular weight excluding hydrogens is 636 g/mol. The van der Waals surface area contributed by atoms with E-state index in [9.17, 15) is 27.6 Å². The molecule has 2 atom stereocenters. The summed E-state index contributed by atoms with van der Waals surface area (Å²) in [6.45, 7) is 1.60. The van der Waals surface area contributed by atoms with Crippen LogP contribution in [0, 0.1) is 5.92 Å². The summed E-state index contributed by atoms with van der Waals surface area (Å²) in [4.78, 5) is 46.6. The summed E-state index contributed by atoms with van der Waals surface area (Å²) in [7, 11) is 1.45. The number of imidazole rings is 1. The van der Waals surface area contributed by atoms with Crippen molar-refractivity contribution in [2.75, 3.05) is 31.5 Å². The normalized spacial score (nSPS) is 20.2. The molecule has 3 aliphatic rings. The Hall–Kier alpha value is -3.62. The lowest BCUT2D eigenvalue weighted by atomic mass is 10.1. The zero-order valence-electron chi connectivity index (χ0n) is 24.4. The molecule has 2 aliphatic carbocycles. The molecule has 0 bridgehead atoms. The fraction of sp³-hybridized carbons (Fsp3) is 0.483. The second-order valence-corrected chi connectivity index (χ2v) is 12.1. The molecule has 6 rings (SSSR count). The fourth-order valence-corrected chi connectivity index (χ4v) is 6.20. The molecule has 3 N–H and O–H groups in total. The third-order valence-corrected chi connectivity index (χ3v) is 8.86. The SMILES string of the molecule is Cl.Cn1c(-c2cn(C3CC3)nc2C(F)(F)F)cnc1C(=O)Nc1ccc(C(=O)N2CCN(C(=O)[C@@H]3CC[C@@H](N)C3)CC2)c(Cl)c1. The molecule has 45 heavy (non-hydrogen) atoms. The summed E-state index contributed by atoms with van der Waals surface area (Å²) in [5.74, 6) is -1.02. The number of amides is 3. The smallest absolute Gasteiger partial charge is 0.339 e. The van der Waals surface area contributed by atoms with Crippen molar-refractivity contribution in [3.63, 3.8) is 0 Å². The van der Waals surface area contributed by atoms with E-state index in [1.165, 1.54) is 46.9 Å². The summed E-state index contributed by atoms with van der Waals surface area (Å²) in [5, 5.41) is 6.53. The van der Waals surface area contributed by atoms with Gasteiger partial charge in [-0.2, -0.15) is 18.3 Å². The molecule has 0 spiro atoms. The lowest BCUT2D eigenvalue weighted by molar-refractivity contribution is -0.141. The predicted octanol–water partition coefficient (Wildman–Crippen LogP) is 4.38. The highest BCUT2D eigenvalue weighted by atomic mass is 35.5. The van der Waals surface area contributed by atoms with Crippen LogP contribution in [-0.4, -0.2) is 79.1 Å². The van der Waals surface area contributed by atoms with E-state index in [-0.39, 0.29) is 75.6 Å². The van der Waals surface area contributed by atoms with E-state index in [1.807, 2.05) is 0 Å². The number of rotatable bonds is 6. The van der Waals surface area contributed by atoms with Crippen LogP contribution in [0.2, 0.25) is 5.02 Å². The second kappa shape index (κ2) is 12.6. The number of nitrogens with two attached hydrogens (primary N) is 1. The zero-order valence-corrected chi connectivity index (χ0v) is 26.0. The fourth-order valence-electron chi connectivity index (χ4n) is 5.94. The molecule has 11 nitrogen and oxygen atoms in total. The summed E-state index contributed by atoms with van der Waals surface area (Å²) in [6.07, 6.45) is 1.75. The first-order chi connectivity index (χ1) is 20.9. The quantitative estimate of drug-likeness (QED) is 0.401. The van der Waals surface area contributed by atoms with Gasteiger partial charge in [0.2, 0.25) is 5.91 Å². The highest BCUT2D eigenvalue weighted by Crippen LogP contribution is 2.41. The van der Waals surface area contributed by atoms with Gasteiger partial charge >= 0.3 is 6.18 Å². The number of nitrogens with zero attached hydrogens (tertiary/aromatic N) is 6. The van der Waals surface area contributed by atoms with Gasteiger partial charge in [0.1, 0.15) is 0 Å². The van der Waals surface area contributed by atoms with Crippen LogP contribution in [-0.2, 0) is 18.0 Å². The zero-order chi connectivity index (χ0) is 31.3. The van der Waals surface area contributed by atoms with E-state index < -0.39 is 17.8 Å². The van der Waals surface area contributed by atoms with E-state index in [0.29, 0.717) is 32.6 Å². The highest BCUT2D eigenvalue weighted by Gasteiger charge is 2.40. The lowest BCUT2D eigenvalue weighted by Gasteiger charge is -2.36. The molecule has 3 aromatic rings. The molecule has 0 radical (unpaired) electrons. The van der Waals surface area contributed by atoms with E-state index in [4.69, 9.17) is 17.3 Å². The molecule has 16 heteroatoms. The number of alkyl halides is 3. The first kappa shape index (κ1) is 32.8. The first-order valence-electron chi connectivity index (χ1n) is 14.5. The molecule has 3 amide bonds. The standard InChI is InChI=1S/C29H32ClF3N8O3.ClH/c1-38-23(21-15-41(19-5-6-19)37-24(21)29(31,32)33)14-35-25(38)26(42)36-18-4-7-20(22(30)13-18)28(44)40-10-8-39(9-11-40)27(43)16-2-3-17(34)12-16;/h4,7,13-17,19H,2-3,5-6,8-12,34H2,1H3,(H,36,42);1H/t16-,17-;/m1./s1. The number of carbonyl (C=O) groups is 3. The Balaban J connectivity index is 0.00000400. The van der Waals surface area contributed by atoms with Crippen LogP contribution in [0.25, 0.3) is 11.3 Å². The number of nitrogens with one attached hydrogen (secondary N) is 1. The van der Waals surface area contributed by atoms with Gasteiger partial charge in [-0.3, -0.25) is 19.1 Å². The van der Waals surface area contributed by atoms with E-state index in [2.05, 4.69) is 15.4 Å². The Kier molecular flexibility index (Phi) is 9.20. The van der Waals surface area contributed by atoms with E-state index in [1.54, 1.807) is 9.80 Å². The molecule has 2 aromatic heterocycles. The van der Waals surface area contributed by atoms with Crippen LogP contribution in [0.4, 0.5) is 18.9 Å². The van der Waals surface area contributed by atoms with E-state index in [0.717, 1.165) is 25.7 Å². The second-order valence-electron chi connectivity index (χ2n) is 11.7. The number of aromatic nitrogens is 4. The average molecular weight is 670 g/mol. The Morgan fingerprint density at radius 3 is 2.33 bits per heavy atom. The van der Waals surface area contributed by atoms with Crippen LogP contribution in [0.5, 0.6) is 0 Å². The molecule has 2 saturated carbocycles. The van der Waals surface area contributed by atoms with Gasteiger partial charge in [0.25, 0.3) is 11.8 Å². The van der Waals surface area contributed by atoms with Gasteiger partial charge in [-0.05, 0) is 50.3 Å². The summed E-state index contributed by atoms with van der Waals surface area (Å²) in [6, 6.07) is 4.46. The maximum Gasteiger partial charge on any atom is 0.435 e. The molecule has 3 fully saturated rings. The minimum Gasteiger partial charge on any atom is -0.339 e. The number of piperazine rings is 1. The molecule has 1 aromatic carbocycles. The van der Waals surface area contributed by atoms with Crippen LogP contribution >= 0.6 is 24.0 Å². The van der Waals surface area contributed by atoms with Gasteiger partial charge in [0.05, 0.1) is 34.1 Å². The van der Waals surface area contributed by atoms with Crippen molar-refractivity contribution >= 4 is 47.4 Å². The number of hydrogen-bond acceptors (Lipinski definition) is 6. The average Bonchev–Trinajstić information content (AvgIpc) is 3.38. The Morgan fingerprint density at radius 2 is 1.73 bits per heavy atom. The molecule has 3 heterocycles. The number of halogens is 5. The Bertz CT molecular complexity index is 1610. The monoisotopic (exact) mass is 668 g/mol. The maximum absolute atomic E-state index is 13.7. The third-order valence-electron chi connectivity index (χ3n) is 8.55. The minimum atomic E-state index is -4.67. The largest absolute Gasteiger partial charge is 0.435 e. The highest BCUT2D eigenvalue weighted by molar-refractivity contribution is 6.34. The van der Waals surface area contributed by atoms with Crippen molar-refractivity contribution in [2.45, 2.75) is 50.4 Å². The molecule has 1 aliphatic heterocycles. The molecule has 1 saturated heterocycles. The Labute approximate surface area is 268 Å². The van der Waals surface area contributed by atoms with Crippen molar-refractivity contribution in [3.8, 4) is 11.3 Å². The topological polar surface area (TPSA) is 131 Å². The predicted molar refractivity (Wildman–Crippen MR) is 162 cm³/mol. The number of benzene rings is 1. The van der Waals surface area contributed by atoms with Crippen molar-refractivity contribution in [1.82, 2.24) is 29.1 Å². The van der Waals surface area contributed by atoms with Crippen molar-refractivity contribution in [3.05, 3.63) is 52.7 Å². The van der Waals surface area contributed by atoms with Crippen molar-refractivity contribution in [2.24, 2.45) is 18.7 Å². The third kappa shape index (κ3) is 6.68. The van der Waals surface area contributed by atoms with Crippen molar-refractivity contribution in [1.29, 1.82) is 0 Å². The number of anilines is 1.